The van der Waals surface area contributed by atoms with Crippen molar-refractivity contribution in [2.75, 3.05) is 19.8 Å². The van der Waals surface area contributed by atoms with Crippen LogP contribution in [0.15, 0.2) is 53.7 Å². The number of rotatable bonds is 10. The van der Waals surface area contributed by atoms with Gasteiger partial charge >= 0.3 is 5.97 Å². The van der Waals surface area contributed by atoms with E-state index in [9.17, 15) is 10.0 Å². The fourth-order valence-electron chi connectivity index (χ4n) is 4.19. The molecule has 1 aliphatic rings. The minimum Gasteiger partial charge on any atom is -0.494 e. The van der Waals surface area contributed by atoms with Gasteiger partial charge in [0.2, 0.25) is 0 Å². The molecule has 0 amide bonds. The lowest BCUT2D eigenvalue weighted by molar-refractivity contribution is -0.145. The topological polar surface area (TPSA) is 73.0 Å². The van der Waals surface area contributed by atoms with Gasteiger partial charge in [0.05, 0.1) is 19.6 Å². The van der Waals surface area contributed by atoms with Gasteiger partial charge in [-0.15, -0.1) is 0 Å². The van der Waals surface area contributed by atoms with Gasteiger partial charge in [-0.1, -0.05) is 31.0 Å². The lowest BCUT2D eigenvalue weighted by Gasteiger charge is -2.28. The first kappa shape index (κ1) is 21.9. The summed E-state index contributed by atoms with van der Waals surface area (Å²) >= 11 is 0. The van der Waals surface area contributed by atoms with Gasteiger partial charge in [-0.2, -0.15) is 4.73 Å². The van der Waals surface area contributed by atoms with Crippen molar-refractivity contribution in [3.8, 4) is 5.75 Å². The summed E-state index contributed by atoms with van der Waals surface area (Å²) in [5.74, 6) is 0.758. The van der Waals surface area contributed by atoms with Crippen LogP contribution in [0, 0.1) is 5.41 Å². The Kier molecular flexibility index (Phi) is 7.94. The Labute approximate surface area is 178 Å². The zero-order chi connectivity index (χ0) is 21.2. The molecule has 0 bridgehead atoms. The molecule has 0 spiro atoms. The predicted molar refractivity (Wildman–Crippen MR) is 114 cm³/mol. The van der Waals surface area contributed by atoms with Gasteiger partial charge in [0, 0.05) is 19.2 Å². The molecule has 6 heteroatoms. The van der Waals surface area contributed by atoms with E-state index < -0.39 is 0 Å². The maximum Gasteiger partial charge on any atom is 0.306 e. The predicted octanol–water partition coefficient (Wildman–Crippen LogP) is 4.15. The number of aromatic nitrogens is 1. The van der Waals surface area contributed by atoms with Gasteiger partial charge in [0.15, 0.2) is 5.49 Å². The third kappa shape index (κ3) is 6.37. The van der Waals surface area contributed by atoms with E-state index in [0.717, 1.165) is 36.2 Å². The van der Waals surface area contributed by atoms with Crippen molar-refractivity contribution < 1.29 is 19.5 Å². The van der Waals surface area contributed by atoms with Gasteiger partial charge in [0.1, 0.15) is 5.75 Å². The summed E-state index contributed by atoms with van der Waals surface area (Å²) < 4.78 is 12.0. The smallest absolute Gasteiger partial charge is 0.306 e. The molecule has 1 aliphatic carbocycles. The van der Waals surface area contributed by atoms with Crippen molar-refractivity contribution in [3.63, 3.8) is 0 Å². The van der Waals surface area contributed by atoms with E-state index in [-0.39, 0.29) is 11.4 Å². The molecule has 0 saturated heterocycles. The molecule has 0 unspecified atom stereocenters. The largest absolute Gasteiger partial charge is 0.494 e. The van der Waals surface area contributed by atoms with Crippen molar-refractivity contribution in [2.24, 2.45) is 10.4 Å². The number of esters is 1. The highest BCUT2D eigenvalue weighted by atomic mass is 16.5. The van der Waals surface area contributed by atoms with Crippen LogP contribution < -0.4 is 10.2 Å². The fourth-order valence-corrected chi connectivity index (χ4v) is 4.19. The summed E-state index contributed by atoms with van der Waals surface area (Å²) in [6.45, 7) is 3.45. The van der Waals surface area contributed by atoms with Crippen molar-refractivity contribution >= 4 is 5.97 Å². The van der Waals surface area contributed by atoms with Crippen molar-refractivity contribution in [2.45, 2.75) is 51.9 Å². The van der Waals surface area contributed by atoms with Crippen molar-refractivity contribution in [1.29, 1.82) is 0 Å². The van der Waals surface area contributed by atoms with E-state index in [1.54, 1.807) is 18.3 Å². The lowest BCUT2D eigenvalue weighted by atomic mass is 9.77. The summed E-state index contributed by atoms with van der Waals surface area (Å²) in [5, 5.41) is 9.63. The summed E-state index contributed by atoms with van der Waals surface area (Å²) in [6, 6.07) is 13.5. The lowest BCUT2D eigenvalue weighted by Crippen LogP contribution is -2.25. The highest BCUT2D eigenvalue weighted by Crippen LogP contribution is 2.44. The first-order valence-electron chi connectivity index (χ1n) is 10.8. The molecule has 0 aliphatic heterocycles. The van der Waals surface area contributed by atoms with E-state index in [0.29, 0.717) is 31.7 Å². The molecule has 1 N–H and O–H groups in total. The maximum absolute atomic E-state index is 12.1. The molecule has 1 saturated carbocycles. The van der Waals surface area contributed by atoms with Gasteiger partial charge in [-0.3, -0.25) is 9.79 Å². The average Bonchev–Trinajstić information content (AvgIpc) is 3.18. The van der Waals surface area contributed by atoms with Crippen LogP contribution in [0.25, 0.3) is 0 Å². The Morgan fingerprint density at radius 1 is 1.17 bits per heavy atom. The second-order valence-corrected chi connectivity index (χ2v) is 8.00. The first-order valence-corrected chi connectivity index (χ1v) is 10.8. The average molecular weight is 413 g/mol. The Hall–Kier alpha value is -2.76. The molecular formula is C24H32N2O4. The molecule has 1 aromatic carbocycles. The quantitative estimate of drug-likeness (QED) is 0.361. The number of pyridine rings is 1. The molecule has 3 rings (SSSR count). The fraction of sp³-hybridized carbons (Fsp3) is 0.500. The molecule has 1 heterocycles. The van der Waals surface area contributed by atoms with Crippen LogP contribution in [0.3, 0.4) is 0 Å². The molecule has 1 fully saturated rings. The van der Waals surface area contributed by atoms with Gasteiger partial charge in [-0.05, 0) is 61.4 Å². The highest BCUT2D eigenvalue weighted by molar-refractivity contribution is 5.70. The Bertz CT molecular complexity index is 867. The minimum absolute atomic E-state index is 0.0388. The molecule has 0 atom stereocenters. The molecule has 2 aromatic rings. The van der Waals surface area contributed by atoms with Crippen molar-refractivity contribution in [3.05, 3.63) is 59.7 Å². The molecule has 0 radical (unpaired) electrons. The number of carbonyl (C=O) groups excluding carboxylic acids is 1. The van der Waals surface area contributed by atoms with Crippen LogP contribution in [-0.2, 0) is 16.0 Å². The number of benzene rings is 1. The second kappa shape index (κ2) is 10.9. The zero-order valence-electron chi connectivity index (χ0n) is 17.8. The van der Waals surface area contributed by atoms with Crippen LogP contribution >= 0.6 is 0 Å². The Balaban J connectivity index is 1.48. The van der Waals surface area contributed by atoms with E-state index in [4.69, 9.17) is 9.47 Å². The van der Waals surface area contributed by atoms with E-state index in [1.165, 1.54) is 18.4 Å². The van der Waals surface area contributed by atoms with Crippen LogP contribution in [0.1, 0.15) is 51.0 Å². The van der Waals surface area contributed by atoms with Gasteiger partial charge in [-0.25, -0.2) is 0 Å². The standard InChI is InChI=1S/C24H32N2O4/c1-2-29-23(27)19-24(13-4-5-14-24)18-20-9-11-21(12-10-20)30-17-7-15-25-22-8-3-6-16-26(22)28/h3,6,8-12,16,28H,2,4-5,7,13-15,17-19H2,1H3. The SMILES string of the molecule is CCOC(=O)CC1(Cc2ccc(OCCCN=c3ccccn3O)cc2)CCCC1. The number of carbonyl (C=O) groups is 1. The van der Waals surface area contributed by atoms with Crippen molar-refractivity contribution in [1.82, 2.24) is 4.73 Å². The third-order valence-corrected chi connectivity index (χ3v) is 5.65. The monoisotopic (exact) mass is 412 g/mol. The van der Waals surface area contributed by atoms with E-state index in [2.05, 4.69) is 17.1 Å². The van der Waals surface area contributed by atoms with Crippen LogP contribution in [0.5, 0.6) is 5.75 Å². The summed E-state index contributed by atoms with van der Waals surface area (Å²) in [6.07, 6.45) is 8.28. The highest BCUT2D eigenvalue weighted by Gasteiger charge is 2.36. The van der Waals surface area contributed by atoms with Crippen LogP contribution in [0.2, 0.25) is 0 Å². The maximum atomic E-state index is 12.1. The molecule has 1 aromatic heterocycles. The summed E-state index contributed by atoms with van der Waals surface area (Å²) in [7, 11) is 0. The molecule has 6 nitrogen and oxygen atoms in total. The number of hydrogen-bond donors (Lipinski definition) is 1. The second-order valence-electron chi connectivity index (χ2n) is 8.00. The number of ether oxygens (including phenoxy) is 2. The van der Waals surface area contributed by atoms with Crippen LogP contribution in [-0.4, -0.2) is 35.7 Å². The Morgan fingerprint density at radius 2 is 1.93 bits per heavy atom. The molecule has 162 valence electrons. The molecule has 30 heavy (non-hydrogen) atoms. The normalized spacial score (nSPS) is 15.8. The summed E-state index contributed by atoms with van der Waals surface area (Å²) in [4.78, 5) is 16.4. The van der Waals surface area contributed by atoms with Crippen LogP contribution in [0.4, 0.5) is 0 Å². The van der Waals surface area contributed by atoms with E-state index >= 15 is 0 Å². The van der Waals surface area contributed by atoms with Gasteiger partial charge < -0.3 is 14.7 Å². The number of hydrogen-bond acceptors (Lipinski definition) is 5. The minimum atomic E-state index is -0.0769. The van der Waals surface area contributed by atoms with E-state index in [1.807, 2.05) is 25.1 Å². The number of nitrogens with zero attached hydrogens (tertiary/aromatic N) is 2. The summed E-state index contributed by atoms with van der Waals surface area (Å²) in [5.41, 5.74) is 1.81. The first-order chi connectivity index (χ1) is 14.6. The van der Waals surface area contributed by atoms with Gasteiger partial charge in [0.25, 0.3) is 0 Å². The Morgan fingerprint density at radius 3 is 2.63 bits per heavy atom. The third-order valence-electron chi connectivity index (χ3n) is 5.65. The zero-order valence-corrected chi connectivity index (χ0v) is 17.8. The molecular weight excluding hydrogens is 380 g/mol.